The van der Waals surface area contributed by atoms with Gasteiger partial charge in [0.25, 0.3) is 0 Å². The van der Waals surface area contributed by atoms with E-state index in [1.807, 2.05) is 18.2 Å². The number of aromatic hydroxyl groups is 1. The molecule has 0 radical (unpaired) electrons. The van der Waals surface area contributed by atoms with Crippen LogP contribution in [0.1, 0.15) is 36.8 Å². The van der Waals surface area contributed by atoms with Crippen LogP contribution in [0.5, 0.6) is 5.75 Å². The van der Waals surface area contributed by atoms with Crippen molar-refractivity contribution >= 4 is 10.8 Å². The van der Waals surface area contributed by atoms with E-state index in [0.29, 0.717) is 11.7 Å². The van der Waals surface area contributed by atoms with Crippen LogP contribution in [0, 0.1) is 0 Å². The number of phenolic OH excluding ortho intramolecular Hbond substituents is 1. The Labute approximate surface area is 132 Å². The van der Waals surface area contributed by atoms with Gasteiger partial charge in [-0.1, -0.05) is 74.0 Å². The molecule has 112 valence electrons. The Morgan fingerprint density at radius 1 is 0.864 bits per heavy atom. The van der Waals surface area contributed by atoms with Crippen molar-refractivity contribution in [2.24, 2.45) is 0 Å². The van der Waals surface area contributed by atoms with Crippen LogP contribution < -0.4 is 0 Å². The Hall–Kier alpha value is -2.28. The highest BCUT2D eigenvalue weighted by Crippen LogP contribution is 2.33. The lowest BCUT2D eigenvalue weighted by Crippen LogP contribution is -2.04. The topological polar surface area (TPSA) is 20.2 Å². The number of hydrogen-bond acceptors (Lipinski definition) is 1. The molecule has 0 aromatic heterocycles. The van der Waals surface area contributed by atoms with Crippen molar-refractivity contribution in [2.75, 3.05) is 0 Å². The van der Waals surface area contributed by atoms with Gasteiger partial charge in [-0.3, -0.25) is 0 Å². The summed E-state index contributed by atoms with van der Waals surface area (Å²) in [7, 11) is 0. The Bertz CT molecular complexity index is 755. The highest BCUT2D eigenvalue weighted by molar-refractivity contribution is 5.86. The minimum Gasteiger partial charge on any atom is -0.508 e. The van der Waals surface area contributed by atoms with Gasteiger partial charge >= 0.3 is 0 Å². The van der Waals surface area contributed by atoms with Crippen molar-refractivity contribution in [3.05, 3.63) is 77.9 Å². The summed E-state index contributed by atoms with van der Waals surface area (Å²) in [6.07, 6.45) is 3.15. The molecular formula is C21H22O. The van der Waals surface area contributed by atoms with Crippen LogP contribution in [0.25, 0.3) is 10.8 Å². The summed E-state index contributed by atoms with van der Waals surface area (Å²) in [6, 6.07) is 22.8. The maximum atomic E-state index is 10.1. The Morgan fingerprint density at radius 3 is 2.41 bits per heavy atom. The van der Waals surface area contributed by atoms with Crippen molar-refractivity contribution in [2.45, 2.75) is 32.1 Å². The number of para-hydroxylation sites is 1. The Balaban J connectivity index is 2.01. The lowest BCUT2D eigenvalue weighted by molar-refractivity contribution is 0.463. The van der Waals surface area contributed by atoms with Crippen molar-refractivity contribution in [3.63, 3.8) is 0 Å². The summed E-state index contributed by atoms with van der Waals surface area (Å²) in [5.41, 5.74) is 2.43. The summed E-state index contributed by atoms with van der Waals surface area (Å²) in [5.74, 6) is 0.841. The third kappa shape index (κ3) is 2.99. The molecule has 3 rings (SSSR count). The average molecular weight is 290 g/mol. The number of phenols is 1. The van der Waals surface area contributed by atoms with Crippen molar-refractivity contribution < 1.29 is 5.11 Å². The highest BCUT2D eigenvalue weighted by Gasteiger charge is 2.15. The molecule has 22 heavy (non-hydrogen) atoms. The van der Waals surface area contributed by atoms with Crippen LogP contribution in [0.4, 0.5) is 0 Å². The number of fused-ring (bicyclic) bond motifs is 1. The monoisotopic (exact) mass is 290 g/mol. The molecule has 0 saturated carbocycles. The van der Waals surface area contributed by atoms with Gasteiger partial charge in [0.05, 0.1) is 0 Å². The minimum absolute atomic E-state index is 0.406. The maximum Gasteiger partial charge on any atom is 0.118 e. The average Bonchev–Trinajstić information content (AvgIpc) is 2.56. The largest absolute Gasteiger partial charge is 0.508 e. The predicted octanol–water partition coefficient (Wildman–Crippen LogP) is 5.67. The molecule has 0 saturated heterocycles. The van der Waals surface area contributed by atoms with Gasteiger partial charge in [-0.15, -0.1) is 0 Å². The molecule has 0 unspecified atom stereocenters. The fourth-order valence-electron chi connectivity index (χ4n) is 3.27. The third-order valence-corrected chi connectivity index (χ3v) is 4.36. The summed E-state index contributed by atoms with van der Waals surface area (Å²) in [5, 5.41) is 12.7. The normalized spacial score (nSPS) is 12.4. The zero-order valence-electron chi connectivity index (χ0n) is 13.0. The molecule has 1 heteroatoms. The molecule has 0 bridgehead atoms. The van der Waals surface area contributed by atoms with Crippen molar-refractivity contribution in [3.8, 4) is 5.75 Å². The van der Waals surface area contributed by atoms with Gasteiger partial charge in [0.2, 0.25) is 0 Å². The fraction of sp³-hybridized carbons (Fsp3) is 0.238. The molecule has 1 nitrogen and oxygen atoms in total. The first-order chi connectivity index (χ1) is 10.8. The number of hydrogen-bond donors (Lipinski definition) is 1. The van der Waals surface area contributed by atoms with E-state index in [-0.39, 0.29) is 0 Å². The molecule has 0 aliphatic carbocycles. The third-order valence-electron chi connectivity index (χ3n) is 4.36. The molecule has 0 amide bonds. The second kappa shape index (κ2) is 6.65. The first-order valence-corrected chi connectivity index (χ1v) is 8.04. The SMILES string of the molecule is CCC[C@@H](Cc1ccccc1O)c1cccc2ccccc12. The lowest BCUT2D eigenvalue weighted by atomic mass is 9.85. The van der Waals surface area contributed by atoms with Gasteiger partial charge in [-0.25, -0.2) is 0 Å². The van der Waals surface area contributed by atoms with E-state index in [4.69, 9.17) is 0 Å². The fourth-order valence-corrected chi connectivity index (χ4v) is 3.27. The molecule has 0 aliphatic heterocycles. The van der Waals surface area contributed by atoms with Gasteiger partial charge in [-0.2, -0.15) is 0 Å². The molecule has 3 aromatic rings. The van der Waals surface area contributed by atoms with Crippen molar-refractivity contribution in [1.82, 2.24) is 0 Å². The van der Waals surface area contributed by atoms with Crippen LogP contribution >= 0.6 is 0 Å². The van der Waals surface area contributed by atoms with Gasteiger partial charge in [0.1, 0.15) is 5.75 Å². The van der Waals surface area contributed by atoms with Crippen LogP contribution in [-0.2, 0) is 6.42 Å². The molecular weight excluding hydrogens is 268 g/mol. The van der Waals surface area contributed by atoms with E-state index in [2.05, 4.69) is 49.4 Å². The molecule has 1 N–H and O–H groups in total. The quantitative estimate of drug-likeness (QED) is 0.641. The Morgan fingerprint density at radius 2 is 1.59 bits per heavy atom. The smallest absolute Gasteiger partial charge is 0.118 e. The second-order valence-electron chi connectivity index (χ2n) is 5.89. The molecule has 0 fully saturated rings. The van der Waals surface area contributed by atoms with E-state index in [1.54, 1.807) is 6.07 Å². The van der Waals surface area contributed by atoms with Crippen LogP contribution in [-0.4, -0.2) is 5.11 Å². The minimum atomic E-state index is 0.406. The summed E-state index contributed by atoms with van der Waals surface area (Å²) < 4.78 is 0. The van der Waals surface area contributed by atoms with E-state index in [1.165, 1.54) is 16.3 Å². The van der Waals surface area contributed by atoms with E-state index in [9.17, 15) is 5.11 Å². The lowest BCUT2D eigenvalue weighted by Gasteiger charge is -2.19. The zero-order chi connectivity index (χ0) is 15.4. The molecule has 3 aromatic carbocycles. The highest BCUT2D eigenvalue weighted by atomic mass is 16.3. The number of benzene rings is 3. The van der Waals surface area contributed by atoms with Gasteiger partial charge in [-0.05, 0) is 46.7 Å². The summed E-state index contributed by atoms with van der Waals surface area (Å²) in [6.45, 7) is 2.23. The first kappa shape index (κ1) is 14.6. The second-order valence-corrected chi connectivity index (χ2v) is 5.89. The predicted molar refractivity (Wildman–Crippen MR) is 93.4 cm³/mol. The first-order valence-electron chi connectivity index (χ1n) is 8.04. The standard InChI is InChI=1S/C21H22O/c1-2-8-17(15-18-10-4-6-14-21(18)22)20-13-7-11-16-9-3-5-12-19(16)20/h3-7,9-14,17,22H,2,8,15H2,1H3/t17-/m0/s1. The van der Waals surface area contributed by atoms with Crippen LogP contribution in [0.2, 0.25) is 0 Å². The molecule has 0 heterocycles. The molecule has 1 atom stereocenters. The number of rotatable bonds is 5. The summed E-state index contributed by atoms with van der Waals surface area (Å²) in [4.78, 5) is 0. The zero-order valence-corrected chi connectivity index (χ0v) is 13.0. The van der Waals surface area contributed by atoms with Gasteiger partial charge < -0.3 is 5.11 Å². The van der Waals surface area contributed by atoms with E-state index in [0.717, 1.165) is 24.8 Å². The van der Waals surface area contributed by atoms with Gasteiger partial charge in [0, 0.05) is 0 Å². The van der Waals surface area contributed by atoms with E-state index >= 15 is 0 Å². The van der Waals surface area contributed by atoms with Crippen LogP contribution in [0.15, 0.2) is 66.7 Å². The molecule has 0 spiro atoms. The van der Waals surface area contributed by atoms with E-state index < -0.39 is 0 Å². The van der Waals surface area contributed by atoms with Gasteiger partial charge in [0.15, 0.2) is 0 Å². The summed E-state index contributed by atoms with van der Waals surface area (Å²) >= 11 is 0. The van der Waals surface area contributed by atoms with Crippen molar-refractivity contribution in [1.29, 1.82) is 0 Å². The Kier molecular flexibility index (Phi) is 4.43. The van der Waals surface area contributed by atoms with Crippen LogP contribution in [0.3, 0.4) is 0 Å². The maximum absolute atomic E-state index is 10.1. The molecule has 0 aliphatic rings.